The van der Waals surface area contributed by atoms with E-state index in [-0.39, 0.29) is 28.8 Å². The topological polar surface area (TPSA) is 73.3 Å². The third kappa shape index (κ3) is 4.88. The summed E-state index contributed by atoms with van der Waals surface area (Å²) in [4.78, 5) is 16.5. The summed E-state index contributed by atoms with van der Waals surface area (Å²) in [6.45, 7) is 3.79. The lowest BCUT2D eigenvalue weighted by Crippen LogP contribution is -2.13. The molecule has 0 aliphatic carbocycles. The number of esters is 1. The van der Waals surface area contributed by atoms with E-state index in [1.165, 1.54) is 12.1 Å². The Balaban J connectivity index is 1.61. The van der Waals surface area contributed by atoms with Gasteiger partial charge in [-0.1, -0.05) is 41.4 Å². The van der Waals surface area contributed by atoms with Crippen LogP contribution in [-0.4, -0.2) is 25.1 Å². The van der Waals surface area contributed by atoms with Gasteiger partial charge in [-0.3, -0.25) is 4.79 Å². The average molecular weight is 418 g/mol. The molecule has 2 aromatic carbocycles. The van der Waals surface area contributed by atoms with Crippen LogP contribution in [0.5, 0.6) is 0 Å². The first-order valence-corrected chi connectivity index (χ1v) is 10.8. The van der Waals surface area contributed by atoms with Gasteiger partial charge in [0.25, 0.3) is 0 Å². The zero-order valence-corrected chi connectivity index (χ0v) is 17.2. The Morgan fingerprint density at radius 2 is 1.71 bits per heavy atom. The zero-order valence-electron chi connectivity index (χ0n) is 15.6. The highest BCUT2D eigenvalue weighted by Gasteiger charge is 2.17. The SMILES string of the molecule is Cc1ccc(S(=O)(=O)CCC(=O)OCc2cc3ccc(C)cc3nc2Cl)cc1. The van der Waals surface area contributed by atoms with Crippen LogP contribution in [0, 0.1) is 13.8 Å². The smallest absolute Gasteiger partial charge is 0.307 e. The minimum absolute atomic E-state index is 0.0565. The molecule has 1 aromatic heterocycles. The number of carbonyl (C=O) groups is 1. The molecule has 0 atom stereocenters. The van der Waals surface area contributed by atoms with Crippen molar-refractivity contribution in [1.82, 2.24) is 4.98 Å². The molecule has 0 amide bonds. The Hall–Kier alpha value is -2.44. The van der Waals surface area contributed by atoms with Crippen molar-refractivity contribution in [2.75, 3.05) is 5.75 Å². The Labute approximate surface area is 169 Å². The van der Waals surface area contributed by atoms with Crippen LogP contribution in [0.1, 0.15) is 23.1 Å². The zero-order chi connectivity index (χ0) is 20.3. The first kappa shape index (κ1) is 20.3. The van der Waals surface area contributed by atoms with Gasteiger partial charge >= 0.3 is 5.97 Å². The molecule has 7 heteroatoms. The fraction of sp³-hybridized carbons (Fsp3) is 0.238. The second-order valence-corrected chi connectivity index (χ2v) is 9.14. The van der Waals surface area contributed by atoms with Crippen LogP contribution in [0.4, 0.5) is 0 Å². The van der Waals surface area contributed by atoms with Crippen LogP contribution in [-0.2, 0) is 26.0 Å². The molecular weight excluding hydrogens is 398 g/mol. The van der Waals surface area contributed by atoms with Crippen molar-refractivity contribution in [3.63, 3.8) is 0 Å². The molecule has 0 aliphatic rings. The largest absolute Gasteiger partial charge is 0.461 e. The van der Waals surface area contributed by atoms with Crippen molar-refractivity contribution in [1.29, 1.82) is 0 Å². The molecule has 1 heterocycles. The number of pyridine rings is 1. The molecule has 0 bridgehead atoms. The van der Waals surface area contributed by atoms with E-state index in [9.17, 15) is 13.2 Å². The van der Waals surface area contributed by atoms with Gasteiger partial charge in [-0.25, -0.2) is 13.4 Å². The van der Waals surface area contributed by atoms with Gasteiger partial charge in [0, 0.05) is 10.9 Å². The third-order valence-electron chi connectivity index (χ3n) is 4.34. The summed E-state index contributed by atoms with van der Waals surface area (Å²) < 4.78 is 29.8. The normalized spacial score (nSPS) is 11.5. The van der Waals surface area contributed by atoms with Gasteiger partial charge in [-0.2, -0.15) is 0 Å². The summed E-state index contributed by atoms with van der Waals surface area (Å²) in [5, 5.41) is 1.15. The quantitative estimate of drug-likeness (QED) is 0.438. The number of fused-ring (bicyclic) bond motifs is 1. The van der Waals surface area contributed by atoms with E-state index in [0.717, 1.165) is 22.0 Å². The second kappa shape index (κ2) is 8.29. The van der Waals surface area contributed by atoms with Crippen molar-refractivity contribution in [3.05, 3.63) is 70.4 Å². The van der Waals surface area contributed by atoms with Crippen LogP contribution >= 0.6 is 11.6 Å². The fourth-order valence-electron chi connectivity index (χ4n) is 2.71. The summed E-state index contributed by atoms with van der Waals surface area (Å²) in [5.74, 6) is -0.909. The number of aromatic nitrogens is 1. The second-order valence-electron chi connectivity index (χ2n) is 6.68. The van der Waals surface area contributed by atoms with E-state index in [1.54, 1.807) is 12.1 Å². The number of ether oxygens (including phenoxy) is 1. The molecule has 0 N–H and O–H groups in total. The molecule has 0 saturated heterocycles. The average Bonchev–Trinajstić information content (AvgIpc) is 2.65. The Bertz CT molecular complexity index is 1130. The molecule has 28 heavy (non-hydrogen) atoms. The summed E-state index contributed by atoms with van der Waals surface area (Å²) in [6.07, 6.45) is -0.228. The van der Waals surface area contributed by atoms with Crippen molar-refractivity contribution >= 4 is 38.3 Å². The molecule has 0 saturated carbocycles. The minimum atomic E-state index is -3.54. The number of sulfone groups is 1. The highest BCUT2D eigenvalue weighted by molar-refractivity contribution is 7.91. The standard InChI is InChI=1S/C21H20ClNO4S/c1-14-4-7-18(8-5-14)28(25,26)10-9-20(24)27-13-17-12-16-6-3-15(2)11-19(16)23-21(17)22/h3-8,11-12H,9-10,13H2,1-2H3. The maximum absolute atomic E-state index is 12.3. The Morgan fingerprint density at radius 3 is 2.43 bits per heavy atom. The molecular formula is C21H20ClNO4S. The summed E-state index contributed by atoms with van der Waals surface area (Å²) in [6, 6.07) is 14.2. The number of hydrogen-bond acceptors (Lipinski definition) is 5. The predicted octanol–water partition coefficient (Wildman–Crippen LogP) is 4.41. The molecule has 0 fully saturated rings. The van der Waals surface area contributed by atoms with Crippen LogP contribution in [0.15, 0.2) is 53.4 Å². The molecule has 0 spiro atoms. The number of rotatable bonds is 6. The Kier molecular flexibility index (Phi) is 6.01. The number of aryl methyl sites for hydroxylation is 2. The van der Waals surface area contributed by atoms with Crippen molar-refractivity contribution in [2.24, 2.45) is 0 Å². The van der Waals surface area contributed by atoms with Gasteiger partial charge < -0.3 is 4.74 Å². The summed E-state index contributed by atoms with van der Waals surface area (Å²) in [5.41, 5.74) is 3.39. The van der Waals surface area contributed by atoms with Gasteiger partial charge in [0.1, 0.15) is 11.8 Å². The lowest BCUT2D eigenvalue weighted by atomic mass is 10.1. The number of hydrogen-bond donors (Lipinski definition) is 0. The van der Waals surface area contributed by atoms with Gasteiger partial charge in [0.15, 0.2) is 9.84 Å². The maximum atomic E-state index is 12.3. The highest BCUT2D eigenvalue weighted by atomic mass is 35.5. The molecule has 3 rings (SSSR count). The molecule has 0 radical (unpaired) electrons. The lowest BCUT2D eigenvalue weighted by Gasteiger charge is -2.09. The van der Waals surface area contributed by atoms with Gasteiger partial charge in [0.05, 0.1) is 22.6 Å². The third-order valence-corrected chi connectivity index (χ3v) is 6.40. The van der Waals surface area contributed by atoms with Crippen LogP contribution in [0.3, 0.4) is 0 Å². The van der Waals surface area contributed by atoms with Crippen molar-refractivity contribution in [2.45, 2.75) is 31.8 Å². The molecule has 0 unspecified atom stereocenters. The van der Waals surface area contributed by atoms with E-state index in [1.807, 2.05) is 38.1 Å². The number of nitrogens with zero attached hydrogens (tertiary/aromatic N) is 1. The monoisotopic (exact) mass is 417 g/mol. The summed E-state index contributed by atoms with van der Waals surface area (Å²) in [7, 11) is -3.54. The van der Waals surface area contributed by atoms with E-state index < -0.39 is 15.8 Å². The van der Waals surface area contributed by atoms with Gasteiger partial charge in [-0.05, 0) is 43.7 Å². The summed E-state index contributed by atoms with van der Waals surface area (Å²) >= 11 is 6.18. The van der Waals surface area contributed by atoms with Crippen LogP contribution < -0.4 is 0 Å². The molecule has 5 nitrogen and oxygen atoms in total. The predicted molar refractivity (Wildman–Crippen MR) is 109 cm³/mol. The van der Waals surface area contributed by atoms with Crippen LogP contribution in [0.2, 0.25) is 5.15 Å². The lowest BCUT2D eigenvalue weighted by molar-refractivity contribution is -0.144. The number of benzene rings is 2. The first-order chi connectivity index (χ1) is 13.2. The maximum Gasteiger partial charge on any atom is 0.307 e. The van der Waals surface area contributed by atoms with Crippen molar-refractivity contribution in [3.8, 4) is 0 Å². The number of carbonyl (C=O) groups excluding carboxylic acids is 1. The van der Waals surface area contributed by atoms with E-state index in [2.05, 4.69) is 4.98 Å². The minimum Gasteiger partial charge on any atom is -0.461 e. The first-order valence-electron chi connectivity index (χ1n) is 8.75. The van der Waals surface area contributed by atoms with Gasteiger partial charge in [0.2, 0.25) is 0 Å². The molecule has 146 valence electrons. The molecule has 0 aliphatic heterocycles. The van der Waals surface area contributed by atoms with Crippen LogP contribution in [0.25, 0.3) is 10.9 Å². The number of halogens is 1. The van der Waals surface area contributed by atoms with E-state index in [4.69, 9.17) is 16.3 Å². The fourth-order valence-corrected chi connectivity index (χ4v) is 4.13. The van der Waals surface area contributed by atoms with Crippen molar-refractivity contribution < 1.29 is 17.9 Å². The highest BCUT2D eigenvalue weighted by Crippen LogP contribution is 2.22. The molecule has 3 aromatic rings. The Morgan fingerprint density at radius 1 is 1.04 bits per heavy atom. The van der Waals surface area contributed by atoms with E-state index >= 15 is 0 Å². The van der Waals surface area contributed by atoms with E-state index in [0.29, 0.717) is 5.56 Å². The van der Waals surface area contributed by atoms with Gasteiger partial charge in [-0.15, -0.1) is 0 Å².